The molecule has 0 bridgehead atoms. The molecule has 0 radical (unpaired) electrons. The number of halogens is 2. The topological polar surface area (TPSA) is 66.4 Å². The highest BCUT2D eigenvalue weighted by Crippen LogP contribution is 2.39. The fourth-order valence-corrected chi connectivity index (χ4v) is 2.87. The van der Waals surface area contributed by atoms with E-state index in [2.05, 4.69) is 5.32 Å². The van der Waals surface area contributed by atoms with Crippen LogP contribution in [0.15, 0.2) is 18.2 Å². The van der Waals surface area contributed by atoms with Gasteiger partial charge in [0, 0.05) is 0 Å². The van der Waals surface area contributed by atoms with Crippen molar-refractivity contribution in [2.75, 3.05) is 5.32 Å². The van der Waals surface area contributed by atoms with Crippen LogP contribution in [-0.4, -0.2) is 17.0 Å². The van der Waals surface area contributed by atoms with E-state index in [1.807, 2.05) is 6.92 Å². The summed E-state index contributed by atoms with van der Waals surface area (Å²) < 4.78 is 27.1. The molecule has 21 heavy (non-hydrogen) atoms. The average Bonchev–Trinajstić information content (AvgIpc) is 2.87. The molecule has 6 heteroatoms. The van der Waals surface area contributed by atoms with Crippen molar-refractivity contribution in [3.63, 3.8) is 0 Å². The van der Waals surface area contributed by atoms with Crippen molar-refractivity contribution in [3.05, 3.63) is 29.8 Å². The fraction of sp³-hybridized carbons (Fsp3) is 0.467. The van der Waals surface area contributed by atoms with Gasteiger partial charge in [-0.2, -0.15) is 0 Å². The standard InChI is InChI=1S/C15H17F2NO3/c1-2-8-6-9(10(7-8)15(20)21)14(19)18-13-11(16)4-3-5-12(13)17/h3-5,8-10H,2,6-7H2,1H3,(H,18,19)(H,20,21). The number of hydrogen-bond donors (Lipinski definition) is 2. The largest absolute Gasteiger partial charge is 0.481 e. The monoisotopic (exact) mass is 297 g/mol. The van der Waals surface area contributed by atoms with Gasteiger partial charge in [0.15, 0.2) is 0 Å². The highest BCUT2D eigenvalue weighted by atomic mass is 19.1. The van der Waals surface area contributed by atoms with Gasteiger partial charge in [-0.25, -0.2) is 8.78 Å². The number of carboxylic acids is 1. The van der Waals surface area contributed by atoms with E-state index in [1.54, 1.807) is 0 Å². The first-order valence-electron chi connectivity index (χ1n) is 6.91. The minimum atomic E-state index is -1.04. The zero-order valence-corrected chi connectivity index (χ0v) is 11.6. The Balaban J connectivity index is 2.17. The Morgan fingerprint density at radius 3 is 2.33 bits per heavy atom. The normalized spacial score (nSPS) is 24.8. The van der Waals surface area contributed by atoms with Crippen molar-refractivity contribution in [1.29, 1.82) is 0 Å². The van der Waals surface area contributed by atoms with Crippen LogP contribution in [0.5, 0.6) is 0 Å². The molecule has 1 amide bonds. The van der Waals surface area contributed by atoms with Crippen LogP contribution in [0.4, 0.5) is 14.5 Å². The van der Waals surface area contributed by atoms with E-state index in [9.17, 15) is 23.5 Å². The summed E-state index contributed by atoms with van der Waals surface area (Å²) in [6, 6.07) is 3.27. The molecule has 114 valence electrons. The molecule has 4 nitrogen and oxygen atoms in total. The molecular weight excluding hydrogens is 280 g/mol. The predicted octanol–water partition coefficient (Wildman–Crippen LogP) is 3.04. The summed E-state index contributed by atoms with van der Waals surface area (Å²) in [5.41, 5.74) is -0.522. The van der Waals surface area contributed by atoms with Gasteiger partial charge < -0.3 is 10.4 Å². The molecule has 1 fully saturated rings. The van der Waals surface area contributed by atoms with Crippen LogP contribution in [-0.2, 0) is 9.59 Å². The summed E-state index contributed by atoms with van der Waals surface area (Å²) in [5.74, 6) is -4.84. The number of carbonyl (C=O) groups excluding carboxylic acids is 1. The van der Waals surface area contributed by atoms with Crippen molar-refractivity contribution >= 4 is 17.6 Å². The number of nitrogens with one attached hydrogen (secondary N) is 1. The van der Waals surface area contributed by atoms with E-state index >= 15 is 0 Å². The van der Waals surface area contributed by atoms with Gasteiger partial charge in [-0.3, -0.25) is 9.59 Å². The summed E-state index contributed by atoms with van der Waals surface area (Å²) in [7, 11) is 0. The Labute approximate surface area is 121 Å². The van der Waals surface area contributed by atoms with Crippen molar-refractivity contribution in [3.8, 4) is 0 Å². The Bertz CT molecular complexity index is 542. The number of para-hydroxylation sites is 1. The van der Waals surface area contributed by atoms with Crippen LogP contribution in [0, 0.1) is 29.4 Å². The smallest absolute Gasteiger partial charge is 0.307 e. The van der Waals surface area contributed by atoms with Gasteiger partial charge in [0.25, 0.3) is 0 Å². The lowest BCUT2D eigenvalue weighted by Crippen LogP contribution is -2.30. The minimum absolute atomic E-state index is 0.146. The molecule has 0 spiro atoms. The van der Waals surface area contributed by atoms with Gasteiger partial charge >= 0.3 is 5.97 Å². The SMILES string of the molecule is CCC1CC(C(=O)O)C(C(=O)Nc2c(F)cccc2F)C1. The summed E-state index contributed by atoms with van der Waals surface area (Å²) in [5, 5.41) is 11.4. The third-order valence-corrected chi connectivity index (χ3v) is 4.10. The number of rotatable bonds is 4. The maximum atomic E-state index is 13.5. The molecule has 1 aliphatic carbocycles. The van der Waals surface area contributed by atoms with E-state index in [4.69, 9.17) is 0 Å². The van der Waals surface area contributed by atoms with Gasteiger partial charge in [0.05, 0.1) is 11.8 Å². The van der Waals surface area contributed by atoms with E-state index in [0.717, 1.165) is 18.6 Å². The second kappa shape index (κ2) is 6.20. The first-order chi connectivity index (χ1) is 9.93. The minimum Gasteiger partial charge on any atom is -0.481 e. The highest BCUT2D eigenvalue weighted by molar-refractivity contribution is 5.95. The Morgan fingerprint density at radius 1 is 1.24 bits per heavy atom. The molecule has 0 saturated heterocycles. The van der Waals surface area contributed by atoms with Gasteiger partial charge in [-0.05, 0) is 30.9 Å². The number of carbonyl (C=O) groups is 2. The molecule has 1 aromatic carbocycles. The van der Waals surface area contributed by atoms with Crippen LogP contribution >= 0.6 is 0 Å². The van der Waals surface area contributed by atoms with Crippen molar-refractivity contribution in [1.82, 2.24) is 0 Å². The zero-order chi connectivity index (χ0) is 15.6. The van der Waals surface area contributed by atoms with Crippen LogP contribution in [0.3, 0.4) is 0 Å². The number of amides is 1. The van der Waals surface area contributed by atoms with E-state index in [1.165, 1.54) is 6.07 Å². The summed E-state index contributed by atoms with van der Waals surface area (Å²) in [6.45, 7) is 1.93. The molecular formula is C15H17F2NO3. The average molecular weight is 297 g/mol. The van der Waals surface area contributed by atoms with Gasteiger partial charge in [-0.1, -0.05) is 19.4 Å². The molecule has 1 aromatic rings. The third-order valence-electron chi connectivity index (χ3n) is 4.10. The lowest BCUT2D eigenvalue weighted by Gasteiger charge is -2.16. The van der Waals surface area contributed by atoms with Crippen molar-refractivity contribution in [2.24, 2.45) is 17.8 Å². The lowest BCUT2D eigenvalue weighted by atomic mass is 9.95. The van der Waals surface area contributed by atoms with E-state index in [0.29, 0.717) is 12.8 Å². The maximum Gasteiger partial charge on any atom is 0.307 e. The number of carboxylic acid groups (broad SMARTS) is 1. The second-order valence-electron chi connectivity index (χ2n) is 5.38. The summed E-state index contributed by atoms with van der Waals surface area (Å²) in [6.07, 6.45) is 1.63. The Hall–Kier alpha value is -1.98. The van der Waals surface area contributed by atoms with Crippen molar-refractivity contribution < 1.29 is 23.5 Å². The Kier molecular flexibility index (Phi) is 4.55. The molecule has 0 heterocycles. The van der Waals surface area contributed by atoms with Crippen LogP contribution in [0.1, 0.15) is 26.2 Å². The fourth-order valence-electron chi connectivity index (χ4n) is 2.87. The van der Waals surface area contributed by atoms with Crippen LogP contribution in [0.25, 0.3) is 0 Å². The van der Waals surface area contributed by atoms with Gasteiger partial charge in [0.1, 0.15) is 17.3 Å². The first kappa shape index (κ1) is 15.4. The molecule has 2 N–H and O–H groups in total. The molecule has 3 atom stereocenters. The first-order valence-corrected chi connectivity index (χ1v) is 6.91. The van der Waals surface area contributed by atoms with Crippen LogP contribution in [0.2, 0.25) is 0 Å². The molecule has 1 saturated carbocycles. The number of hydrogen-bond acceptors (Lipinski definition) is 2. The van der Waals surface area contributed by atoms with Crippen LogP contribution < -0.4 is 5.32 Å². The number of benzene rings is 1. The van der Waals surface area contributed by atoms with E-state index < -0.39 is 41.0 Å². The molecule has 1 aliphatic rings. The summed E-state index contributed by atoms with van der Waals surface area (Å²) >= 11 is 0. The number of anilines is 1. The zero-order valence-electron chi connectivity index (χ0n) is 11.6. The maximum absolute atomic E-state index is 13.5. The van der Waals surface area contributed by atoms with E-state index in [-0.39, 0.29) is 5.92 Å². The van der Waals surface area contributed by atoms with Gasteiger partial charge in [-0.15, -0.1) is 0 Å². The van der Waals surface area contributed by atoms with Crippen molar-refractivity contribution in [2.45, 2.75) is 26.2 Å². The third kappa shape index (κ3) is 3.20. The molecule has 2 rings (SSSR count). The molecule has 0 aromatic heterocycles. The second-order valence-corrected chi connectivity index (χ2v) is 5.38. The Morgan fingerprint density at radius 2 is 1.81 bits per heavy atom. The van der Waals surface area contributed by atoms with Gasteiger partial charge in [0.2, 0.25) is 5.91 Å². The highest BCUT2D eigenvalue weighted by Gasteiger charge is 2.42. The predicted molar refractivity (Wildman–Crippen MR) is 72.6 cm³/mol. The molecule has 3 unspecified atom stereocenters. The quantitative estimate of drug-likeness (QED) is 0.897. The number of aliphatic carboxylic acids is 1. The lowest BCUT2D eigenvalue weighted by molar-refractivity contribution is -0.145. The summed E-state index contributed by atoms with van der Waals surface area (Å²) in [4.78, 5) is 23.4. The molecule has 0 aliphatic heterocycles.